The Balaban J connectivity index is -0.000000401. The number of likely N-dealkylation sites (N-methyl/N-ethyl adjacent to an activating group) is 2. The Hall–Kier alpha value is -1.94. The number of hydrogen-bond acceptors (Lipinski definition) is 24. The second kappa shape index (κ2) is 83.0. The maximum Gasteiger partial charge on any atom is 0.221 e. The van der Waals surface area contributed by atoms with Gasteiger partial charge in [-0.1, -0.05) is 121 Å². The molecule has 0 aromatic carbocycles. The Kier molecular flexibility index (Phi) is 88.3. The predicted molar refractivity (Wildman–Crippen MR) is 434 cm³/mol. The smallest absolute Gasteiger partial charge is 0.221 e. The van der Waals surface area contributed by atoms with Crippen molar-refractivity contribution in [3.05, 3.63) is 0 Å². The van der Waals surface area contributed by atoms with E-state index in [0.29, 0.717) is 111 Å². The molecule has 8 atom stereocenters. The van der Waals surface area contributed by atoms with Crippen molar-refractivity contribution in [1.82, 2.24) is 54.7 Å². The van der Waals surface area contributed by atoms with Gasteiger partial charge in [-0.05, 0) is 177 Å². The summed E-state index contributed by atoms with van der Waals surface area (Å²) in [5.74, 6) is 0.0824. The second-order valence-corrected chi connectivity index (χ2v) is 29.3. The lowest BCUT2D eigenvalue weighted by molar-refractivity contribution is -0.121. The Morgan fingerprint density at radius 1 is 0.257 bits per heavy atom. The number of carbonyl (C=O) groups is 2. The van der Waals surface area contributed by atoms with Crippen molar-refractivity contribution in [1.29, 1.82) is 0 Å². The molecule has 26 heteroatoms. The van der Waals surface area contributed by atoms with Crippen molar-refractivity contribution in [2.24, 2.45) is 0 Å². The van der Waals surface area contributed by atoms with Gasteiger partial charge in [0, 0.05) is 131 Å². The van der Waals surface area contributed by atoms with Crippen LogP contribution in [-0.4, -0.2) is 396 Å². The van der Waals surface area contributed by atoms with Crippen molar-refractivity contribution in [2.45, 2.75) is 279 Å². The highest BCUT2D eigenvalue weighted by molar-refractivity contribution is 5.76. The Bertz CT molecular complexity index is 1660. The molecule has 0 aliphatic carbocycles. The predicted octanol–water partition coefficient (Wildman–Crippen LogP) is 4.20. The summed E-state index contributed by atoms with van der Waals surface area (Å²) < 4.78 is 0. The number of rotatable bonds is 69. The first-order valence-electron chi connectivity index (χ1n) is 41.6. The summed E-state index contributed by atoms with van der Waals surface area (Å²) in [6, 6.07) is 0. The van der Waals surface area contributed by atoms with Crippen LogP contribution < -0.4 is 10.6 Å². The van der Waals surface area contributed by atoms with Crippen LogP contribution in [0.1, 0.15) is 230 Å². The number of aliphatic hydroxyl groups is 13. The minimum Gasteiger partial charge on any atom is -0.396 e. The van der Waals surface area contributed by atoms with Gasteiger partial charge in [0.2, 0.25) is 11.8 Å². The molecule has 0 rings (SSSR count). The normalized spacial score (nSPS) is 14.0. The van der Waals surface area contributed by atoms with Crippen molar-refractivity contribution in [3.8, 4) is 0 Å². The molecule has 0 aliphatic rings. The van der Waals surface area contributed by atoms with E-state index in [0.717, 1.165) is 213 Å². The molecule has 26 nitrogen and oxygen atoms in total. The molecule has 0 spiro atoms. The summed E-state index contributed by atoms with van der Waals surface area (Å²) in [5.41, 5.74) is 0. The van der Waals surface area contributed by atoms with E-state index in [2.05, 4.69) is 115 Å². The fourth-order valence-electron chi connectivity index (χ4n) is 12.2. The number of nitrogens with zero attached hydrogens (tertiary/aromatic N) is 9. The molecule has 2 amide bonds. The van der Waals surface area contributed by atoms with E-state index in [-0.39, 0.29) is 93.7 Å². The van der Waals surface area contributed by atoms with E-state index in [1.54, 1.807) is 0 Å². The van der Waals surface area contributed by atoms with Gasteiger partial charge in [0.15, 0.2) is 0 Å². The topological polar surface area (TPSA) is 350 Å². The third kappa shape index (κ3) is 81.4. The third-order valence-corrected chi connectivity index (χ3v) is 17.6. The van der Waals surface area contributed by atoms with Gasteiger partial charge in [0.05, 0.1) is 75.3 Å². The summed E-state index contributed by atoms with van der Waals surface area (Å²) in [6.07, 6.45) is 19.5. The molecule has 15 N–H and O–H groups in total. The summed E-state index contributed by atoms with van der Waals surface area (Å²) >= 11 is 0. The van der Waals surface area contributed by atoms with Crippen LogP contribution in [0.3, 0.4) is 0 Å². The average molecular weight is 1520 g/mol. The van der Waals surface area contributed by atoms with E-state index in [1.165, 1.54) is 0 Å². The lowest BCUT2D eigenvalue weighted by Gasteiger charge is -2.28. The van der Waals surface area contributed by atoms with Gasteiger partial charge >= 0.3 is 0 Å². The number of carbonyl (C=O) groups excluding carboxylic acids is 2. The minimum atomic E-state index is -0.347. The molecule has 0 saturated heterocycles. The number of hydrogen-bond donors (Lipinski definition) is 15. The van der Waals surface area contributed by atoms with E-state index in [4.69, 9.17) is 25.5 Å². The van der Waals surface area contributed by atoms with Crippen LogP contribution in [0.5, 0.6) is 0 Å². The van der Waals surface area contributed by atoms with Crippen LogP contribution in [0, 0.1) is 0 Å². The molecule has 0 saturated carbocycles. The van der Waals surface area contributed by atoms with Crippen LogP contribution in [0.25, 0.3) is 0 Å². The van der Waals surface area contributed by atoms with Crippen LogP contribution in [0.15, 0.2) is 0 Å². The van der Waals surface area contributed by atoms with Gasteiger partial charge in [-0.3, -0.25) is 34.1 Å². The van der Waals surface area contributed by atoms with Crippen molar-refractivity contribution >= 4 is 11.8 Å². The van der Waals surface area contributed by atoms with E-state index < -0.39 is 0 Å². The molecule has 0 fully saturated rings. The largest absolute Gasteiger partial charge is 0.396 e. The second-order valence-electron chi connectivity index (χ2n) is 29.3. The SMILES string of the molecule is CCCC(O)CN(C)CCCN(C)CC(O)CCC.CCCC(O)CN(CCCN(C)C)CC(O)CCC.CCCC(O)CN(CCCN(CCO)CCO)CC(O)CCC.CCCC(O)CN(CCCO)CC(O)CCC.CCCNC(=O)CCN(CCCN(CCO)CCO)CCC(=O)NCCC. The molecular weight excluding hydrogens is 1340 g/mol. The lowest BCUT2D eigenvalue weighted by atomic mass is 10.1. The fourth-order valence-corrected chi connectivity index (χ4v) is 12.2. The van der Waals surface area contributed by atoms with Gasteiger partial charge in [-0.2, -0.15) is 0 Å². The number of amides is 2. The standard InChI is InChI=1S/C19H40N4O4.C17H38N2O4.2C15H34N2O2.C13H29NO3/c1-3-8-20-18(26)6-12-22(13-7-19(27)21-9-4-2)10-5-11-23(14-16-24)15-17-25;1-3-6-16(22)14-19(15-17(23)7-4-2)9-5-8-18(10-12-20)11-13-21;1-5-8-14(18)12-16(3)10-7-11-17(4)13-15(19)9-6-2;1-5-8-14(18)12-17(11-7-10-16(3)4)13-15(19)9-6-2;1-3-6-12(16)10-14(8-5-9-15)11-13(17)7-4-2/h24-25H,3-17H2,1-2H3,(H,20,26)(H,21,27);16-17,20-23H,3-15H2,1-2H3;2*14-15,18-19H,5-13H2,1-4H3;12-13,15-17H,3-11H2,1-2H3. The Morgan fingerprint density at radius 2 is 0.476 bits per heavy atom. The molecule has 0 bridgehead atoms. The first kappa shape index (κ1) is 112. The highest BCUT2D eigenvalue weighted by atomic mass is 16.3. The van der Waals surface area contributed by atoms with Crippen LogP contribution in [0.4, 0.5) is 0 Å². The molecule has 8 unspecified atom stereocenters. The van der Waals surface area contributed by atoms with Crippen molar-refractivity contribution in [3.63, 3.8) is 0 Å². The van der Waals surface area contributed by atoms with E-state index in [1.807, 2.05) is 37.5 Å². The zero-order valence-corrected chi connectivity index (χ0v) is 70.2. The molecule has 0 aromatic heterocycles. The molecular formula is C79H175N11O15. The zero-order valence-electron chi connectivity index (χ0n) is 70.2. The molecule has 0 aliphatic heterocycles. The van der Waals surface area contributed by atoms with Crippen LogP contribution in [-0.2, 0) is 9.59 Å². The summed E-state index contributed by atoms with van der Waals surface area (Å²) in [6.45, 7) is 39.0. The summed E-state index contributed by atoms with van der Waals surface area (Å²) in [5, 5.41) is 130. The highest BCUT2D eigenvalue weighted by Crippen LogP contribution is 2.11. The van der Waals surface area contributed by atoms with Gasteiger partial charge in [0.25, 0.3) is 0 Å². The lowest BCUT2D eigenvalue weighted by Crippen LogP contribution is -2.40. The van der Waals surface area contributed by atoms with Crippen molar-refractivity contribution < 1.29 is 76.0 Å². The molecule has 0 aromatic rings. The maximum absolute atomic E-state index is 11.9. The van der Waals surface area contributed by atoms with Gasteiger partial charge < -0.3 is 96.6 Å². The highest BCUT2D eigenvalue weighted by Gasteiger charge is 2.20. The van der Waals surface area contributed by atoms with Crippen molar-refractivity contribution in [2.75, 3.05) is 225 Å². The maximum atomic E-state index is 11.9. The third-order valence-electron chi connectivity index (χ3n) is 17.6. The monoisotopic (exact) mass is 1520 g/mol. The van der Waals surface area contributed by atoms with Gasteiger partial charge in [0.1, 0.15) is 0 Å². The molecule has 0 radical (unpaired) electrons. The molecule has 0 heterocycles. The van der Waals surface area contributed by atoms with E-state index in [9.17, 15) is 50.4 Å². The fraction of sp³-hybridized carbons (Fsp3) is 0.975. The average Bonchev–Trinajstić information content (AvgIpc) is 1.03. The quantitative estimate of drug-likeness (QED) is 0.0406. The number of aliphatic hydroxyl groups excluding tert-OH is 13. The van der Waals surface area contributed by atoms with E-state index >= 15 is 0 Å². The van der Waals surface area contributed by atoms with Crippen LogP contribution >= 0.6 is 0 Å². The molecule has 105 heavy (non-hydrogen) atoms. The summed E-state index contributed by atoms with van der Waals surface area (Å²) in [4.78, 5) is 42.9. The first-order valence-corrected chi connectivity index (χ1v) is 41.6. The summed E-state index contributed by atoms with van der Waals surface area (Å²) in [7, 11) is 8.26. The minimum absolute atomic E-state index is 0.0412. The molecule has 636 valence electrons. The Labute approximate surface area is 643 Å². The number of nitrogens with one attached hydrogen (secondary N) is 2. The zero-order chi connectivity index (χ0) is 80.3. The van der Waals surface area contributed by atoms with Gasteiger partial charge in [-0.15, -0.1) is 0 Å². The first-order chi connectivity index (χ1) is 50.2. The Morgan fingerprint density at radius 3 is 0.705 bits per heavy atom. The van der Waals surface area contributed by atoms with Gasteiger partial charge in [-0.25, -0.2) is 0 Å². The van der Waals surface area contributed by atoms with Crippen LogP contribution in [0.2, 0.25) is 0 Å².